The van der Waals surface area contributed by atoms with Gasteiger partial charge in [0.15, 0.2) is 5.43 Å². The molecule has 0 bridgehead atoms. The van der Waals surface area contributed by atoms with Gasteiger partial charge in [0.05, 0.1) is 22.8 Å². The van der Waals surface area contributed by atoms with Crippen LogP contribution in [-0.4, -0.2) is 23.8 Å². The summed E-state index contributed by atoms with van der Waals surface area (Å²) in [7, 11) is 0. The summed E-state index contributed by atoms with van der Waals surface area (Å²) in [6, 6.07) is 4.42. The minimum absolute atomic E-state index is 0.143. The molecule has 3 rings (SSSR count). The Morgan fingerprint density at radius 1 is 1.24 bits per heavy atom. The first-order valence-corrected chi connectivity index (χ1v) is 9.53. The molecule has 1 aliphatic heterocycles. The lowest BCUT2D eigenvalue weighted by Gasteiger charge is -2.27. The summed E-state index contributed by atoms with van der Waals surface area (Å²) in [4.78, 5) is 33.8. The average molecular weight is 392 g/mol. The summed E-state index contributed by atoms with van der Waals surface area (Å²) in [5.74, 6) is -0.664. The van der Waals surface area contributed by atoms with Gasteiger partial charge >= 0.3 is 5.97 Å². The van der Waals surface area contributed by atoms with Crippen molar-refractivity contribution < 1.29 is 13.9 Å². The molecule has 150 valence electrons. The summed E-state index contributed by atoms with van der Waals surface area (Å²) in [6.07, 6.45) is -0.309. The molecule has 2 aromatic rings. The Balaban J connectivity index is 2.36. The van der Waals surface area contributed by atoms with Crippen LogP contribution >= 0.6 is 0 Å². The number of hydrogen-bond donors (Lipinski definition) is 0. The van der Waals surface area contributed by atoms with Gasteiger partial charge in [-0.1, -0.05) is 12.1 Å². The fraction of sp³-hybridized carbons (Fsp3) is 0.391. The Morgan fingerprint density at radius 2 is 1.93 bits per heavy atom. The molecule has 0 aliphatic carbocycles. The summed E-state index contributed by atoms with van der Waals surface area (Å²) in [6.45, 7) is 18.4. The van der Waals surface area contributed by atoms with Crippen molar-refractivity contribution in [3.8, 4) is 0 Å². The van der Waals surface area contributed by atoms with Gasteiger partial charge < -0.3 is 14.0 Å². The van der Waals surface area contributed by atoms with E-state index < -0.39 is 17.9 Å². The van der Waals surface area contributed by atoms with Crippen molar-refractivity contribution in [3.05, 3.63) is 68.0 Å². The van der Waals surface area contributed by atoms with Crippen LogP contribution in [0.2, 0.25) is 0 Å². The van der Waals surface area contributed by atoms with Crippen molar-refractivity contribution in [3.63, 3.8) is 0 Å². The van der Waals surface area contributed by atoms with E-state index in [2.05, 4.69) is 9.84 Å². The predicted octanol–water partition coefficient (Wildman–Crippen LogP) is 4.48. The summed E-state index contributed by atoms with van der Waals surface area (Å²) < 4.78 is 11.4. The van der Waals surface area contributed by atoms with E-state index in [4.69, 9.17) is 15.7 Å². The lowest BCUT2D eigenvalue weighted by atomic mass is 9.79. The number of rotatable bonds is 3. The minimum atomic E-state index is -0.690. The number of benzene rings is 1. The largest absolute Gasteiger partial charge is 0.461 e. The fourth-order valence-electron chi connectivity index (χ4n) is 3.87. The van der Waals surface area contributed by atoms with Crippen molar-refractivity contribution in [1.82, 2.24) is 0 Å². The van der Waals surface area contributed by atoms with Crippen LogP contribution in [0.3, 0.4) is 0 Å². The fourth-order valence-corrected chi connectivity index (χ4v) is 3.87. The molecule has 2 unspecified atom stereocenters. The molecule has 0 saturated heterocycles. The quantitative estimate of drug-likeness (QED) is 0.570. The molecule has 29 heavy (non-hydrogen) atoms. The van der Waals surface area contributed by atoms with Crippen LogP contribution in [0.5, 0.6) is 0 Å². The number of ether oxygens (including phenoxy) is 1. The van der Waals surface area contributed by atoms with E-state index >= 15 is 0 Å². The number of carbonyl (C=O) groups excluding carboxylic acids is 1. The number of aliphatic imine (C=N–C) groups is 1. The van der Waals surface area contributed by atoms with E-state index in [0.717, 1.165) is 5.56 Å². The molecule has 2 heterocycles. The maximum Gasteiger partial charge on any atom is 0.337 e. The number of aryl methyl sites for hydroxylation is 2. The highest BCUT2D eigenvalue weighted by atomic mass is 16.5. The molecule has 1 aliphatic rings. The van der Waals surface area contributed by atoms with Gasteiger partial charge in [-0.15, -0.1) is 0 Å². The Labute approximate surface area is 169 Å². The van der Waals surface area contributed by atoms with Gasteiger partial charge in [0, 0.05) is 17.3 Å². The number of carbonyl (C=O) groups is 1. The maximum absolute atomic E-state index is 13.0. The highest BCUT2D eigenvalue weighted by molar-refractivity contribution is 6.01. The van der Waals surface area contributed by atoms with Crippen molar-refractivity contribution >= 4 is 22.7 Å². The molecule has 6 heteroatoms. The first-order chi connectivity index (χ1) is 13.6. The van der Waals surface area contributed by atoms with E-state index in [0.29, 0.717) is 39.3 Å². The maximum atomic E-state index is 13.0. The van der Waals surface area contributed by atoms with Crippen molar-refractivity contribution in [1.29, 1.82) is 0 Å². The lowest BCUT2D eigenvalue weighted by molar-refractivity contribution is -0.143. The molecule has 6 nitrogen and oxygen atoms in total. The molecule has 0 radical (unpaired) electrons. The van der Waals surface area contributed by atoms with Gasteiger partial charge in [0.25, 0.3) is 6.04 Å². The lowest BCUT2D eigenvalue weighted by Crippen LogP contribution is -2.33. The van der Waals surface area contributed by atoms with E-state index in [-0.39, 0.29) is 11.5 Å². The van der Waals surface area contributed by atoms with Gasteiger partial charge in [0.1, 0.15) is 17.3 Å². The number of hydrogen-bond acceptors (Lipinski definition) is 5. The van der Waals surface area contributed by atoms with Crippen LogP contribution in [0.15, 0.2) is 43.7 Å². The van der Waals surface area contributed by atoms with Crippen LogP contribution < -0.4 is 5.43 Å². The Kier molecular flexibility index (Phi) is 5.43. The second-order valence-corrected chi connectivity index (χ2v) is 7.66. The molecule has 0 saturated carbocycles. The molecular weight excluding hydrogens is 368 g/mol. The summed E-state index contributed by atoms with van der Waals surface area (Å²) in [5.41, 5.74) is 3.14. The van der Waals surface area contributed by atoms with Crippen LogP contribution in [0, 0.1) is 20.4 Å². The minimum Gasteiger partial charge on any atom is -0.461 e. The first-order valence-electron chi connectivity index (χ1n) is 9.53. The van der Waals surface area contributed by atoms with Gasteiger partial charge in [-0.25, -0.2) is 11.4 Å². The van der Waals surface area contributed by atoms with Gasteiger partial charge in [0.2, 0.25) is 0 Å². The number of esters is 1. The second-order valence-electron chi connectivity index (χ2n) is 7.66. The van der Waals surface area contributed by atoms with Crippen LogP contribution in [0.25, 0.3) is 15.8 Å². The average Bonchev–Trinajstić information content (AvgIpc) is 2.60. The van der Waals surface area contributed by atoms with E-state index in [1.54, 1.807) is 34.6 Å². The molecular formula is C23H24N2O4. The zero-order valence-corrected chi connectivity index (χ0v) is 17.5. The summed E-state index contributed by atoms with van der Waals surface area (Å²) >= 11 is 0. The van der Waals surface area contributed by atoms with Gasteiger partial charge in [-0.2, -0.15) is 0 Å². The van der Waals surface area contributed by atoms with Crippen LogP contribution in [-0.2, 0) is 9.53 Å². The zero-order valence-electron chi connectivity index (χ0n) is 17.5. The summed E-state index contributed by atoms with van der Waals surface area (Å²) in [5, 5.41) is 0.464. The SMILES string of the molecule is [C-]#[N+]C1C(C)=NC(C)=C(C(=O)OC(C)C)C1c1ccc(C)c2c(=O)cc(C)oc12. The van der Waals surface area contributed by atoms with Crippen molar-refractivity contribution in [2.24, 2.45) is 4.99 Å². The van der Waals surface area contributed by atoms with E-state index in [9.17, 15) is 9.59 Å². The van der Waals surface area contributed by atoms with Gasteiger partial charge in [-0.3, -0.25) is 9.79 Å². The van der Waals surface area contributed by atoms with E-state index in [1.165, 1.54) is 6.07 Å². The molecule has 1 aromatic heterocycles. The normalized spacial score (nSPS) is 19.3. The number of fused-ring (bicyclic) bond motifs is 1. The standard InChI is InChI=1S/C23H24N2O4/c1-11(2)28-23(27)19-14(5)25-15(6)21(24-7)20(19)16-9-8-12(3)18-17(26)10-13(4)29-22(16)18/h8-11,20-21H,1-6H3. The molecule has 0 amide bonds. The third-order valence-corrected chi connectivity index (χ3v) is 5.07. The van der Waals surface area contributed by atoms with Crippen LogP contribution in [0.1, 0.15) is 50.5 Å². The molecule has 0 fully saturated rings. The molecule has 0 spiro atoms. The van der Waals surface area contributed by atoms with Crippen molar-refractivity contribution in [2.75, 3.05) is 0 Å². The monoisotopic (exact) mass is 392 g/mol. The molecule has 2 atom stereocenters. The predicted molar refractivity (Wildman–Crippen MR) is 112 cm³/mol. The number of allylic oxidation sites excluding steroid dienone is 1. The highest BCUT2D eigenvalue weighted by Crippen LogP contribution is 2.40. The topological polar surface area (TPSA) is 73.2 Å². The third kappa shape index (κ3) is 3.61. The highest BCUT2D eigenvalue weighted by Gasteiger charge is 2.43. The Bertz CT molecular complexity index is 1160. The van der Waals surface area contributed by atoms with Crippen molar-refractivity contribution in [2.45, 2.75) is 59.6 Å². The van der Waals surface area contributed by atoms with Crippen LogP contribution in [0.4, 0.5) is 0 Å². The second kappa shape index (κ2) is 7.67. The smallest absolute Gasteiger partial charge is 0.337 e. The molecule has 0 N–H and O–H groups in total. The number of nitrogens with zero attached hydrogens (tertiary/aromatic N) is 2. The zero-order chi connectivity index (χ0) is 21.5. The third-order valence-electron chi connectivity index (χ3n) is 5.07. The van der Waals surface area contributed by atoms with E-state index in [1.807, 2.05) is 19.1 Å². The first kappa shape index (κ1) is 20.5. The van der Waals surface area contributed by atoms with Gasteiger partial charge in [-0.05, 0) is 47.1 Å². The Hall–Kier alpha value is -3.20. The molecule has 1 aromatic carbocycles. The Morgan fingerprint density at radius 3 is 2.55 bits per heavy atom.